The number of rotatable bonds is 5. The number of halogens is 2. The van der Waals surface area contributed by atoms with Crippen molar-refractivity contribution in [2.75, 3.05) is 12.4 Å². The third kappa shape index (κ3) is 3.21. The van der Waals surface area contributed by atoms with E-state index in [1.807, 2.05) is 28.9 Å². The van der Waals surface area contributed by atoms with Gasteiger partial charge in [0, 0.05) is 24.4 Å². The van der Waals surface area contributed by atoms with Crippen molar-refractivity contribution in [1.82, 2.24) is 24.5 Å². The second-order valence-corrected chi connectivity index (χ2v) is 8.57. The monoisotopic (exact) mass is 444 g/mol. The maximum atomic E-state index is 6.39. The van der Waals surface area contributed by atoms with Crippen LogP contribution in [0, 0.1) is 0 Å². The zero-order valence-corrected chi connectivity index (χ0v) is 18.3. The van der Waals surface area contributed by atoms with Gasteiger partial charge in [-0.15, -0.1) is 0 Å². The van der Waals surface area contributed by atoms with Gasteiger partial charge in [0.15, 0.2) is 5.82 Å². The zero-order valence-electron chi connectivity index (χ0n) is 16.8. The number of anilines is 1. The van der Waals surface area contributed by atoms with E-state index in [-0.39, 0.29) is 6.04 Å². The highest BCUT2D eigenvalue weighted by atomic mass is 35.5. The topological polar surface area (TPSA) is 69.8 Å². The largest absolute Gasteiger partial charge is 0.378 e. The number of hydrogen-bond donors (Lipinski definition) is 1. The number of allylic oxidation sites excluding steroid dienone is 2. The highest BCUT2D eigenvalue weighted by Crippen LogP contribution is 2.43. The summed E-state index contributed by atoms with van der Waals surface area (Å²) < 4.78 is 9.32. The van der Waals surface area contributed by atoms with Crippen LogP contribution in [0.4, 0.5) is 5.82 Å². The molecule has 2 aromatic heterocycles. The number of nitrogens with zero attached hydrogens (tertiary/aromatic N) is 5. The van der Waals surface area contributed by atoms with Crippen LogP contribution in [0.25, 0.3) is 5.57 Å². The molecule has 3 aromatic rings. The van der Waals surface area contributed by atoms with Gasteiger partial charge in [-0.2, -0.15) is 10.2 Å². The minimum absolute atomic E-state index is 0.218. The molecule has 9 heteroatoms. The highest BCUT2D eigenvalue weighted by Gasteiger charge is 2.35. The molecular formula is C21H22Cl2N6O. The van der Waals surface area contributed by atoms with Gasteiger partial charge in [-0.1, -0.05) is 29.3 Å². The number of benzene rings is 1. The molecule has 0 radical (unpaired) electrons. The summed E-state index contributed by atoms with van der Waals surface area (Å²) in [6.07, 6.45) is 5.10. The Kier molecular flexibility index (Phi) is 5.05. The van der Waals surface area contributed by atoms with Gasteiger partial charge in [0.25, 0.3) is 0 Å². The first-order chi connectivity index (χ1) is 14.6. The van der Waals surface area contributed by atoms with Crippen LogP contribution in [-0.4, -0.2) is 31.7 Å². The van der Waals surface area contributed by atoms with Crippen LogP contribution in [0.3, 0.4) is 0 Å². The molecule has 1 saturated carbocycles. The smallest absolute Gasteiger partial charge is 0.158 e. The molecule has 1 aromatic carbocycles. The molecule has 0 saturated heterocycles. The first-order valence-electron chi connectivity index (χ1n) is 9.96. The Balaban J connectivity index is 1.68. The van der Waals surface area contributed by atoms with E-state index in [4.69, 9.17) is 33.0 Å². The van der Waals surface area contributed by atoms with Gasteiger partial charge in [0.1, 0.15) is 18.2 Å². The predicted molar refractivity (Wildman–Crippen MR) is 117 cm³/mol. The Bertz CT molecular complexity index is 1130. The Hall–Kier alpha value is -2.35. The fourth-order valence-electron chi connectivity index (χ4n) is 4.16. The molecule has 1 N–H and O–H groups in total. The maximum Gasteiger partial charge on any atom is 0.158 e. The van der Waals surface area contributed by atoms with Crippen LogP contribution >= 0.6 is 23.2 Å². The average Bonchev–Trinajstić information content (AvgIpc) is 3.28. The van der Waals surface area contributed by atoms with Crippen LogP contribution in [0.15, 0.2) is 36.3 Å². The molecule has 0 bridgehead atoms. The second-order valence-electron chi connectivity index (χ2n) is 7.75. The van der Waals surface area contributed by atoms with Gasteiger partial charge >= 0.3 is 0 Å². The lowest BCUT2D eigenvalue weighted by Gasteiger charge is -2.32. The first-order valence-corrected chi connectivity index (χ1v) is 10.7. The minimum Gasteiger partial charge on any atom is -0.378 e. The summed E-state index contributed by atoms with van der Waals surface area (Å²) in [5.74, 6) is 1.75. The quantitative estimate of drug-likeness (QED) is 0.592. The van der Waals surface area contributed by atoms with Crippen molar-refractivity contribution in [3.8, 4) is 0 Å². The lowest BCUT2D eigenvalue weighted by Crippen LogP contribution is -2.27. The summed E-state index contributed by atoms with van der Waals surface area (Å²) in [6, 6.07) is 7.89. The van der Waals surface area contributed by atoms with E-state index >= 15 is 0 Å². The molecule has 1 aliphatic heterocycles. The standard InChI is InChI=1S/C21H22Cl2N6O/c1-12-19(21-24-11-25-28(21)15-4-3-5-15)20(13-6-7-16(22)17(23)8-13)29-18(26-12)9-14(27-29)10-30-2/h6-9,11,15,20,26H,3-5,10H2,1-2H3/t20-/m1/s1. The fourth-order valence-corrected chi connectivity index (χ4v) is 4.47. The molecule has 3 heterocycles. The number of methoxy groups -OCH3 is 1. The predicted octanol–water partition coefficient (Wildman–Crippen LogP) is 5.10. The van der Waals surface area contributed by atoms with Crippen molar-refractivity contribution in [3.63, 3.8) is 0 Å². The summed E-state index contributed by atoms with van der Waals surface area (Å²) in [4.78, 5) is 4.65. The van der Waals surface area contributed by atoms with Crippen molar-refractivity contribution in [3.05, 3.63) is 63.4 Å². The van der Waals surface area contributed by atoms with Crippen molar-refractivity contribution < 1.29 is 4.74 Å². The summed E-state index contributed by atoms with van der Waals surface area (Å²) in [5, 5.41) is 13.9. The van der Waals surface area contributed by atoms with Gasteiger partial charge in [-0.05, 0) is 43.9 Å². The van der Waals surface area contributed by atoms with Crippen molar-refractivity contribution >= 4 is 34.6 Å². The summed E-state index contributed by atoms with van der Waals surface area (Å²) in [6.45, 7) is 2.49. The summed E-state index contributed by atoms with van der Waals surface area (Å²) in [5.41, 5.74) is 3.87. The molecule has 0 amide bonds. The second kappa shape index (κ2) is 7.72. The molecule has 0 spiro atoms. The molecule has 5 rings (SSSR count). The van der Waals surface area contributed by atoms with Crippen LogP contribution in [-0.2, 0) is 11.3 Å². The Labute approximate surface area is 184 Å². The van der Waals surface area contributed by atoms with E-state index in [0.717, 1.165) is 47.0 Å². The molecule has 156 valence electrons. The van der Waals surface area contributed by atoms with Crippen LogP contribution in [0.2, 0.25) is 10.0 Å². The van der Waals surface area contributed by atoms with E-state index in [9.17, 15) is 0 Å². The van der Waals surface area contributed by atoms with E-state index in [0.29, 0.717) is 22.7 Å². The molecular weight excluding hydrogens is 423 g/mol. The van der Waals surface area contributed by atoms with E-state index in [1.54, 1.807) is 13.4 Å². The number of aromatic nitrogens is 5. The van der Waals surface area contributed by atoms with Gasteiger partial charge in [0.2, 0.25) is 0 Å². The maximum absolute atomic E-state index is 6.39. The molecule has 30 heavy (non-hydrogen) atoms. The number of nitrogens with one attached hydrogen (secondary N) is 1. The summed E-state index contributed by atoms with van der Waals surface area (Å²) in [7, 11) is 1.66. The molecule has 1 atom stereocenters. The van der Waals surface area contributed by atoms with E-state index in [2.05, 4.69) is 27.0 Å². The van der Waals surface area contributed by atoms with Crippen LogP contribution < -0.4 is 5.32 Å². The SMILES string of the molecule is COCc1cc2n(n1)[C@H](c1ccc(Cl)c(Cl)c1)C(c1ncnn1C1CCC1)=C(C)N2. The highest BCUT2D eigenvalue weighted by molar-refractivity contribution is 6.42. The first kappa shape index (κ1) is 19.6. The van der Waals surface area contributed by atoms with Gasteiger partial charge in [0.05, 0.1) is 28.4 Å². The van der Waals surface area contributed by atoms with Crippen molar-refractivity contribution in [1.29, 1.82) is 0 Å². The molecule has 1 fully saturated rings. The van der Waals surface area contributed by atoms with E-state index < -0.39 is 0 Å². The average molecular weight is 445 g/mol. The van der Waals surface area contributed by atoms with Crippen LogP contribution in [0.1, 0.15) is 55.4 Å². The van der Waals surface area contributed by atoms with E-state index in [1.165, 1.54) is 6.42 Å². The molecule has 2 aliphatic rings. The third-order valence-electron chi connectivity index (χ3n) is 5.81. The molecule has 1 aliphatic carbocycles. The fraction of sp³-hybridized carbons (Fsp3) is 0.381. The normalized spacial score (nSPS) is 18.9. The molecule has 7 nitrogen and oxygen atoms in total. The van der Waals surface area contributed by atoms with Crippen LogP contribution in [0.5, 0.6) is 0 Å². The van der Waals surface area contributed by atoms with Crippen molar-refractivity contribution in [2.45, 2.75) is 44.9 Å². The number of ether oxygens (including phenoxy) is 1. The lowest BCUT2D eigenvalue weighted by atomic mass is 9.91. The Morgan fingerprint density at radius 2 is 2.00 bits per heavy atom. The Morgan fingerprint density at radius 1 is 1.17 bits per heavy atom. The van der Waals surface area contributed by atoms with Gasteiger partial charge < -0.3 is 10.1 Å². The number of hydrogen-bond acceptors (Lipinski definition) is 5. The van der Waals surface area contributed by atoms with Gasteiger partial charge in [-0.25, -0.2) is 14.3 Å². The third-order valence-corrected chi connectivity index (χ3v) is 6.55. The minimum atomic E-state index is -0.218. The lowest BCUT2D eigenvalue weighted by molar-refractivity contribution is 0.180. The van der Waals surface area contributed by atoms with Crippen molar-refractivity contribution in [2.24, 2.45) is 0 Å². The molecule has 0 unspecified atom stereocenters. The zero-order chi connectivity index (χ0) is 20.8. The van der Waals surface area contributed by atoms with Gasteiger partial charge in [-0.3, -0.25) is 0 Å². The number of fused-ring (bicyclic) bond motifs is 1. The summed E-state index contributed by atoms with van der Waals surface area (Å²) >= 11 is 12.6. The Morgan fingerprint density at radius 3 is 2.70 bits per heavy atom.